The van der Waals surface area contributed by atoms with E-state index in [9.17, 15) is 4.79 Å². The summed E-state index contributed by atoms with van der Waals surface area (Å²) < 4.78 is 0. The molecule has 0 spiro atoms. The van der Waals surface area contributed by atoms with Gasteiger partial charge in [0.25, 0.3) is 0 Å². The van der Waals surface area contributed by atoms with Crippen molar-refractivity contribution in [3.63, 3.8) is 0 Å². The Morgan fingerprint density at radius 1 is 1.05 bits per heavy atom. The van der Waals surface area contributed by atoms with Crippen LogP contribution in [-0.4, -0.2) is 48.4 Å². The zero-order valence-electron chi connectivity index (χ0n) is 13.3. The second-order valence-electron chi connectivity index (χ2n) is 6.42. The van der Waals surface area contributed by atoms with Crippen LogP contribution in [0.3, 0.4) is 0 Å². The van der Waals surface area contributed by atoms with Crippen molar-refractivity contribution in [1.82, 2.24) is 9.80 Å². The highest BCUT2D eigenvalue weighted by Gasteiger charge is 2.30. The van der Waals surface area contributed by atoms with E-state index in [1.807, 2.05) is 6.07 Å². The van der Waals surface area contributed by atoms with Crippen LogP contribution < -0.4 is 0 Å². The van der Waals surface area contributed by atoms with E-state index in [0.29, 0.717) is 11.8 Å². The zero-order chi connectivity index (χ0) is 15.2. The minimum atomic E-state index is 0.338. The van der Waals surface area contributed by atoms with Crippen LogP contribution >= 0.6 is 0 Å². The highest BCUT2D eigenvalue weighted by Crippen LogP contribution is 2.28. The first-order chi connectivity index (χ1) is 10.8. The van der Waals surface area contributed by atoms with Crippen molar-refractivity contribution in [3.8, 4) is 0 Å². The molecule has 1 saturated heterocycles. The van der Waals surface area contributed by atoms with E-state index in [1.165, 1.54) is 12.0 Å². The third kappa shape index (κ3) is 3.98. The molecule has 0 unspecified atom stereocenters. The van der Waals surface area contributed by atoms with Gasteiger partial charge in [0.15, 0.2) is 0 Å². The first kappa shape index (κ1) is 15.3. The average Bonchev–Trinajstić information content (AvgIpc) is 2.72. The lowest BCUT2D eigenvalue weighted by Crippen LogP contribution is -2.41. The van der Waals surface area contributed by atoms with Gasteiger partial charge in [-0.25, -0.2) is 0 Å². The summed E-state index contributed by atoms with van der Waals surface area (Å²) in [5.41, 5.74) is 1.25. The fraction of sp³-hybridized carbons (Fsp3) is 0.526. The Bertz CT molecular complexity index is 507. The van der Waals surface area contributed by atoms with Crippen LogP contribution in [0.2, 0.25) is 0 Å². The molecule has 3 heteroatoms. The molecule has 1 heterocycles. The van der Waals surface area contributed by atoms with Crippen molar-refractivity contribution in [2.45, 2.75) is 25.7 Å². The van der Waals surface area contributed by atoms with Gasteiger partial charge in [-0.15, -0.1) is 0 Å². The van der Waals surface area contributed by atoms with Gasteiger partial charge in [-0.05, 0) is 24.8 Å². The topological polar surface area (TPSA) is 23.6 Å². The molecule has 1 amide bonds. The third-order valence-electron chi connectivity index (χ3n) is 4.83. The van der Waals surface area contributed by atoms with E-state index in [-0.39, 0.29) is 0 Å². The molecule has 0 aromatic heterocycles. The summed E-state index contributed by atoms with van der Waals surface area (Å²) in [4.78, 5) is 16.9. The number of nitrogens with zero attached hydrogens (tertiary/aromatic N) is 2. The van der Waals surface area contributed by atoms with Crippen LogP contribution in [0, 0.1) is 5.92 Å². The molecule has 3 rings (SSSR count). The number of carbonyl (C=O) groups excluding carboxylic acids is 1. The highest BCUT2D eigenvalue weighted by atomic mass is 16.2. The quantitative estimate of drug-likeness (QED) is 0.853. The first-order valence-electron chi connectivity index (χ1n) is 8.55. The third-order valence-corrected chi connectivity index (χ3v) is 4.83. The Morgan fingerprint density at radius 3 is 2.59 bits per heavy atom. The second-order valence-corrected chi connectivity index (χ2v) is 6.42. The van der Waals surface area contributed by atoms with Crippen LogP contribution in [0.5, 0.6) is 0 Å². The van der Waals surface area contributed by atoms with E-state index in [1.54, 1.807) is 0 Å². The molecule has 3 nitrogen and oxygen atoms in total. The minimum Gasteiger partial charge on any atom is -0.341 e. The maximum atomic E-state index is 12.3. The maximum Gasteiger partial charge on any atom is 0.225 e. The van der Waals surface area contributed by atoms with Crippen LogP contribution in [0.4, 0.5) is 0 Å². The lowest BCUT2D eigenvalue weighted by atomic mass is 9.84. The van der Waals surface area contributed by atoms with Crippen LogP contribution in [0.25, 0.3) is 6.08 Å². The van der Waals surface area contributed by atoms with Gasteiger partial charge in [0.2, 0.25) is 5.91 Å². The van der Waals surface area contributed by atoms with Crippen molar-refractivity contribution in [2.24, 2.45) is 5.92 Å². The Hall–Kier alpha value is -1.61. The zero-order valence-corrected chi connectivity index (χ0v) is 13.3. The van der Waals surface area contributed by atoms with E-state index in [0.717, 1.165) is 52.0 Å². The van der Waals surface area contributed by atoms with Gasteiger partial charge in [0.05, 0.1) is 0 Å². The van der Waals surface area contributed by atoms with Crippen molar-refractivity contribution in [3.05, 3.63) is 42.0 Å². The van der Waals surface area contributed by atoms with Crippen molar-refractivity contribution in [1.29, 1.82) is 0 Å². The van der Waals surface area contributed by atoms with Crippen molar-refractivity contribution in [2.75, 3.05) is 32.7 Å². The summed E-state index contributed by atoms with van der Waals surface area (Å²) in [6.45, 7) is 4.90. The predicted molar refractivity (Wildman–Crippen MR) is 90.5 cm³/mol. The van der Waals surface area contributed by atoms with Gasteiger partial charge in [-0.3, -0.25) is 9.69 Å². The molecular formula is C19H26N2O. The molecule has 1 aliphatic carbocycles. The van der Waals surface area contributed by atoms with Gasteiger partial charge in [-0.2, -0.15) is 0 Å². The fourth-order valence-electron chi connectivity index (χ4n) is 3.19. The molecule has 0 radical (unpaired) electrons. The lowest BCUT2D eigenvalue weighted by Gasteiger charge is -2.31. The summed E-state index contributed by atoms with van der Waals surface area (Å²) in [5, 5.41) is 0. The van der Waals surface area contributed by atoms with Gasteiger partial charge >= 0.3 is 0 Å². The molecule has 2 fully saturated rings. The summed E-state index contributed by atoms with van der Waals surface area (Å²) >= 11 is 0. The molecule has 0 atom stereocenters. The normalized spacial score (nSPS) is 20.8. The molecular weight excluding hydrogens is 272 g/mol. The molecule has 0 N–H and O–H groups in total. The maximum absolute atomic E-state index is 12.3. The summed E-state index contributed by atoms with van der Waals surface area (Å²) in [6.07, 6.45) is 8.97. The Morgan fingerprint density at radius 2 is 1.86 bits per heavy atom. The smallest absolute Gasteiger partial charge is 0.225 e. The summed E-state index contributed by atoms with van der Waals surface area (Å²) in [5.74, 6) is 0.748. The molecule has 1 aromatic rings. The number of benzene rings is 1. The fourth-order valence-corrected chi connectivity index (χ4v) is 3.19. The number of hydrogen-bond donors (Lipinski definition) is 0. The van der Waals surface area contributed by atoms with E-state index < -0.39 is 0 Å². The molecule has 1 aliphatic heterocycles. The van der Waals surface area contributed by atoms with Crippen molar-refractivity contribution < 1.29 is 4.79 Å². The average molecular weight is 298 g/mol. The number of amides is 1. The molecule has 22 heavy (non-hydrogen) atoms. The second kappa shape index (κ2) is 7.59. The molecule has 2 aliphatic rings. The van der Waals surface area contributed by atoms with E-state index >= 15 is 0 Å². The van der Waals surface area contributed by atoms with Crippen molar-refractivity contribution >= 4 is 12.0 Å². The number of carbonyl (C=O) groups is 1. The van der Waals surface area contributed by atoms with Gasteiger partial charge in [-0.1, -0.05) is 48.9 Å². The molecule has 0 bridgehead atoms. The number of rotatable bonds is 4. The number of hydrogen-bond acceptors (Lipinski definition) is 2. The van der Waals surface area contributed by atoms with Crippen LogP contribution in [0.15, 0.2) is 36.4 Å². The van der Waals surface area contributed by atoms with Gasteiger partial charge in [0, 0.05) is 38.6 Å². The van der Waals surface area contributed by atoms with E-state index in [2.05, 4.69) is 46.2 Å². The first-order valence-corrected chi connectivity index (χ1v) is 8.55. The Kier molecular flexibility index (Phi) is 5.28. The van der Waals surface area contributed by atoms with Crippen LogP contribution in [-0.2, 0) is 4.79 Å². The van der Waals surface area contributed by atoms with Gasteiger partial charge in [0.1, 0.15) is 0 Å². The predicted octanol–water partition coefficient (Wildman–Crippen LogP) is 3.03. The monoisotopic (exact) mass is 298 g/mol. The highest BCUT2D eigenvalue weighted by molar-refractivity contribution is 5.79. The molecule has 118 valence electrons. The Labute approximate surface area is 133 Å². The summed E-state index contributed by atoms with van der Waals surface area (Å²) in [6, 6.07) is 10.4. The Balaban J connectivity index is 1.46. The molecule has 1 aromatic carbocycles. The molecule has 1 saturated carbocycles. The van der Waals surface area contributed by atoms with E-state index in [4.69, 9.17) is 0 Å². The minimum absolute atomic E-state index is 0.338. The van der Waals surface area contributed by atoms with Gasteiger partial charge < -0.3 is 4.90 Å². The van der Waals surface area contributed by atoms with Crippen LogP contribution in [0.1, 0.15) is 31.2 Å². The summed E-state index contributed by atoms with van der Waals surface area (Å²) in [7, 11) is 0. The SMILES string of the molecule is O=C(C1CCC1)N1CCCN(C/C=C/c2ccccc2)CC1. The standard InChI is InChI=1S/C19H26N2O/c22-19(18-10-4-11-18)21-14-6-13-20(15-16-21)12-5-9-17-7-2-1-3-8-17/h1-3,5,7-9,18H,4,6,10-16H2/b9-5+. The lowest BCUT2D eigenvalue weighted by molar-refractivity contribution is -0.138. The largest absolute Gasteiger partial charge is 0.341 e.